The van der Waals surface area contributed by atoms with Crippen molar-refractivity contribution in [2.75, 3.05) is 11.6 Å². The van der Waals surface area contributed by atoms with E-state index < -0.39 is 4.92 Å². The summed E-state index contributed by atoms with van der Waals surface area (Å²) in [5.74, 6) is 0. The van der Waals surface area contributed by atoms with Gasteiger partial charge in [-0.05, 0) is 6.07 Å². The number of rotatable bonds is 4. The Kier molecular flexibility index (Phi) is 3.19. The van der Waals surface area contributed by atoms with Crippen LogP contribution in [0.5, 0.6) is 0 Å². The molecule has 0 radical (unpaired) electrons. The van der Waals surface area contributed by atoms with Crippen molar-refractivity contribution in [2.45, 2.75) is 0 Å². The molecule has 0 saturated carbocycles. The first-order chi connectivity index (χ1) is 6.66. The number of benzene rings is 1. The van der Waals surface area contributed by atoms with Crippen molar-refractivity contribution in [3.8, 4) is 0 Å². The van der Waals surface area contributed by atoms with E-state index in [1.165, 1.54) is 18.2 Å². The van der Waals surface area contributed by atoms with Gasteiger partial charge in [-0.15, -0.1) is 6.58 Å². The largest absolute Gasteiger partial charge is 0.294 e. The average Bonchev–Trinajstić information content (AvgIpc) is 2.18. The van der Waals surface area contributed by atoms with Crippen molar-refractivity contribution >= 4 is 11.4 Å². The van der Waals surface area contributed by atoms with E-state index in [-0.39, 0.29) is 17.9 Å². The van der Waals surface area contributed by atoms with Crippen LogP contribution in [-0.4, -0.2) is 16.7 Å². The van der Waals surface area contributed by atoms with Crippen LogP contribution in [0.4, 0.5) is 11.4 Å². The molecule has 0 atom stereocenters. The molecular weight excluding hydrogens is 184 g/mol. The van der Waals surface area contributed by atoms with Gasteiger partial charge in [0.25, 0.3) is 5.69 Å². The third-order valence-corrected chi connectivity index (χ3v) is 1.66. The molecule has 0 saturated heterocycles. The van der Waals surface area contributed by atoms with Gasteiger partial charge in [-0.3, -0.25) is 15.3 Å². The van der Waals surface area contributed by atoms with Crippen LogP contribution in [0.1, 0.15) is 0 Å². The lowest BCUT2D eigenvalue weighted by molar-refractivity contribution is -0.384. The number of nitro groups is 1. The quantitative estimate of drug-likeness (QED) is 0.452. The zero-order chi connectivity index (χ0) is 10.6. The Morgan fingerprint density at radius 2 is 2.21 bits per heavy atom. The molecule has 0 bridgehead atoms. The molecule has 14 heavy (non-hydrogen) atoms. The third kappa shape index (κ3) is 2.08. The van der Waals surface area contributed by atoms with E-state index >= 15 is 0 Å². The molecule has 0 aliphatic rings. The van der Waals surface area contributed by atoms with Crippen molar-refractivity contribution < 1.29 is 10.1 Å². The van der Waals surface area contributed by atoms with E-state index in [4.69, 9.17) is 0 Å². The van der Waals surface area contributed by atoms with Crippen LogP contribution in [-0.2, 0) is 0 Å². The van der Waals surface area contributed by atoms with E-state index in [0.717, 1.165) is 5.06 Å². The van der Waals surface area contributed by atoms with Crippen LogP contribution in [0.3, 0.4) is 0 Å². The summed E-state index contributed by atoms with van der Waals surface area (Å²) in [4.78, 5) is 10.0. The predicted octanol–water partition coefficient (Wildman–Crippen LogP) is 1.98. The summed E-state index contributed by atoms with van der Waals surface area (Å²) in [6.45, 7) is 3.57. The van der Waals surface area contributed by atoms with Crippen LogP contribution in [0.15, 0.2) is 36.9 Å². The minimum absolute atomic E-state index is 0.128. The highest BCUT2D eigenvalue weighted by atomic mass is 16.6. The van der Waals surface area contributed by atoms with Crippen LogP contribution in [0, 0.1) is 10.1 Å². The zero-order valence-corrected chi connectivity index (χ0v) is 7.46. The number of nitrogens with zero attached hydrogens (tertiary/aromatic N) is 2. The highest BCUT2D eigenvalue weighted by Crippen LogP contribution is 2.25. The fraction of sp³-hybridized carbons (Fsp3) is 0.111. The lowest BCUT2D eigenvalue weighted by Gasteiger charge is -2.13. The maximum absolute atomic E-state index is 10.6. The zero-order valence-electron chi connectivity index (χ0n) is 7.46. The van der Waals surface area contributed by atoms with Gasteiger partial charge in [-0.2, -0.15) is 0 Å². The van der Waals surface area contributed by atoms with E-state index in [0.29, 0.717) is 0 Å². The lowest BCUT2D eigenvalue weighted by Crippen LogP contribution is -2.18. The molecule has 1 N–H and O–H groups in total. The highest BCUT2D eigenvalue weighted by molar-refractivity contribution is 5.61. The summed E-state index contributed by atoms with van der Waals surface area (Å²) in [6.07, 6.45) is 1.46. The summed E-state index contributed by atoms with van der Waals surface area (Å²) >= 11 is 0. The average molecular weight is 194 g/mol. The van der Waals surface area contributed by atoms with Gasteiger partial charge in [-0.25, -0.2) is 5.06 Å². The maximum Gasteiger partial charge on any atom is 0.294 e. The maximum atomic E-state index is 10.6. The van der Waals surface area contributed by atoms with Gasteiger partial charge in [0.2, 0.25) is 0 Å². The molecule has 74 valence electrons. The second-order valence-corrected chi connectivity index (χ2v) is 2.62. The number of hydroxylamine groups is 1. The molecule has 5 heteroatoms. The molecule has 1 rings (SSSR count). The van der Waals surface area contributed by atoms with Crippen LogP contribution >= 0.6 is 0 Å². The van der Waals surface area contributed by atoms with Crippen molar-refractivity contribution in [1.29, 1.82) is 0 Å². The minimum atomic E-state index is -0.540. The number of hydrogen-bond donors (Lipinski definition) is 1. The fourth-order valence-electron chi connectivity index (χ4n) is 1.06. The van der Waals surface area contributed by atoms with Gasteiger partial charge in [0.15, 0.2) is 0 Å². The molecular formula is C9H10N2O3. The van der Waals surface area contributed by atoms with Crippen LogP contribution in [0.2, 0.25) is 0 Å². The molecule has 0 heterocycles. The first kappa shape index (κ1) is 10.2. The molecule has 0 amide bonds. The van der Waals surface area contributed by atoms with Gasteiger partial charge >= 0.3 is 0 Å². The third-order valence-electron chi connectivity index (χ3n) is 1.66. The second kappa shape index (κ2) is 4.38. The Balaban J connectivity index is 3.06. The summed E-state index contributed by atoms with van der Waals surface area (Å²) < 4.78 is 0. The molecule has 1 aromatic rings. The minimum Gasteiger partial charge on any atom is -0.288 e. The molecule has 0 aliphatic carbocycles. The highest BCUT2D eigenvalue weighted by Gasteiger charge is 2.15. The van der Waals surface area contributed by atoms with Crippen molar-refractivity contribution in [1.82, 2.24) is 0 Å². The van der Waals surface area contributed by atoms with Gasteiger partial charge < -0.3 is 0 Å². The van der Waals surface area contributed by atoms with E-state index in [9.17, 15) is 15.3 Å². The van der Waals surface area contributed by atoms with E-state index in [1.807, 2.05) is 0 Å². The van der Waals surface area contributed by atoms with Gasteiger partial charge in [0.1, 0.15) is 5.69 Å². The summed E-state index contributed by atoms with van der Waals surface area (Å²) in [7, 11) is 0. The smallest absolute Gasteiger partial charge is 0.288 e. The molecule has 5 nitrogen and oxygen atoms in total. The Bertz CT molecular complexity index is 352. The Hall–Kier alpha value is -1.88. The first-order valence-electron chi connectivity index (χ1n) is 3.97. The Morgan fingerprint density at radius 1 is 1.57 bits per heavy atom. The second-order valence-electron chi connectivity index (χ2n) is 2.62. The van der Waals surface area contributed by atoms with Crippen molar-refractivity contribution in [3.05, 3.63) is 47.0 Å². The fourth-order valence-corrected chi connectivity index (χ4v) is 1.06. The normalized spacial score (nSPS) is 9.50. The van der Waals surface area contributed by atoms with Gasteiger partial charge in [-0.1, -0.05) is 18.2 Å². The lowest BCUT2D eigenvalue weighted by atomic mass is 10.2. The number of nitro benzene ring substituents is 1. The van der Waals surface area contributed by atoms with E-state index in [1.54, 1.807) is 12.1 Å². The summed E-state index contributed by atoms with van der Waals surface area (Å²) in [6, 6.07) is 5.97. The standard InChI is InChI=1S/C9H10N2O3/c1-2-7-10(12)8-5-3-4-6-9(8)11(13)14/h2-6,12H,1,7H2. The van der Waals surface area contributed by atoms with Crippen LogP contribution in [0.25, 0.3) is 0 Å². The Morgan fingerprint density at radius 3 is 2.79 bits per heavy atom. The molecule has 0 spiro atoms. The van der Waals surface area contributed by atoms with Crippen LogP contribution < -0.4 is 5.06 Å². The predicted molar refractivity (Wildman–Crippen MR) is 52.4 cm³/mol. The number of hydrogen-bond acceptors (Lipinski definition) is 4. The molecule has 1 aromatic carbocycles. The molecule has 0 unspecified atom stereocenters. The van der Waals surface area contributed by atoms with Gasteiger partial charge in [0, 0.05) is 6.07 Å². The van der Waals surface area contributed by atoms with Crippen molar-refractivity contribution in [3.63, 3.8) is 0 Å². The Labute approximate surface area is 81.0 Å². The summed E-state index contributed by atoms with van der Waals surface area (Å²) in [5.41, 5.74) is 0.0363. The SMILES string of the molecule is C=CCN(O)c1ccccc1[N+](=O)[O-]. The topological polar surface area (TPSA) is 66.6 Å². The molecule has 0 fully saturated rings. The van der Waals surface area contributed by atoms with Gasteiger partial charge in [0.05, 0.1) is 11.5 Å². The molecule has 0 aliphatic heterocycles. The monoisotopic (exact) mass is 194 g/mol. The number of para-hydroxylation sites is 2. The number of anilines is 1. The summed E-state index contributed by atoms with van der Waals surface area (Å²) in [5, 5.41) is 20.8. The molecule has 0 aromatic heterocycles. The van der Waals surface area contributed by atoms with Crippen molar-refractivity contribution in [2.24, 2.45) is 0 Å². The first-order valence-corrected chi connectivity index (χ1v) is 3.97. The van der Waals surface area contributed by atoms with E-state index in [2.05, 4.69) is 6.58 Å².